The summed E-state index contributed by atoms with van der Waals surface area (Å²) in [6.45, 7) is 0. The van der Waals surface area contributed by atoms with Gasteiger partial charge < -0.3 is 14.6 Å². The van der Waals surface area contributed by atoms with E-state index < -0.39 is 30.4 Å². The summed E-state index contributed by atoms with van der Waals surface area (Å²) >= 11 is 0. The Balaban J connectivity index is 2.30. The Kier molecular flexibility index (Phi) is 3.37. The molecule has 1 aromatic rings. The Morgan fingerprint density at radius 3 is 2.53 bits per heavy atom. The molecule has 7 heteroatoms. The van der Waals surface area contributed by atoms with E-state index >= 15 is 0 Å². The van der Waals surface area contributed by atoms with Gasteiger partial charge in [-0.15, -0.1) is 0 Å². The fraction of sp³-hybridized carbons (Fsp3) is 0.250. The fourth-order valence-electron chi connectivity index (χ4n) is 1.89. The number of methoxy groups -OCH3 is 1. The van der Waals surface area contributed by atoms with Crippen LogP contribution >= 0.6 is 0 Å². The second-order valence-electron chi connectivity index (χ2n) is 3.95. The van der Waals surface area contributed by atoms with E-state index in [0.29, 0.717) is 11.4 Å². The first-order chi connectivity index (χ1) is 9.02. The maximum Gasteiger partial charge on any atom is 0.329 e. The molecule has 0 aliphatic carbocycles. The molecule has 0 radical (unpaired) electrons. The van der Waals surface area contributed by atoms with E-state index in [9.17, 15) is 19.5 Å². The molecule has 1 aromatic carbocycles. The highest BCUT2D eigenvalue weighted by Gasteiger charge is 2.39. The monoisotopic (exact) mass is 263 g/mol. The molecule has 1 N–H and O–H groups in total. The fourth-order valence-corrected chi connectivity index (χ4v) is 1.89. The van der Waals surface area contributed by atoms with E-state index in [0.717, 1.165) is 4.90 Å². The van der Waals surface area contributed by atoms with Crippen molar-refractivity contribution in [1.82, 2.24) is 5.32 Å². The van der Waals surface area contributed by atoms with Gasteiger partial charge in [-0.2, -0.15) is 0 Å². The van der Waals surface area contributed by atoms with Crippen LogP contribution in [0.2, 0.25) is 0 Å². The molecule has 1 saturated heterocycles. The van der Waals surface area contributed by atoms with Crippen molar-refractivity contribution in [3.05, 3.63) is 24.3 Å². The van der Waals surface area contributed by atoms with Gasteiger partial charge in [0.15, 0.2) is 0 Å². The van der Waals surface area contributed by atoms with Crippen LogP contribution in [0, 0.1) is 0 Å². The van der Waals surface area contributed by atoms with Crippen molar-refractivity contribution < 1.29 is 24.2 Å². The van der Waals surface area contributed by atoms with Crippen LogP contribution in [0.5, 0.6) is 5.75 Å². The maximum absolute atomic E-state index is 11.7. The van der Waals surface area contributed by atoms with E-state index in [2.05, 4.69) is 5.32 Å². The van der Waals surface area contributed by atoms with Crippen LogP contribution < -0.4 is 20.1 Å². The summed E-state index contributed by atoms with van der Waals surface area (Å²) in [5.74, 6) is -1.45. The largest absolute Gasteiger partial charge is 0.550 e. The third-order valence-electron chi connectivity index (χ3n) is 2.77. The zero-order valence-corrected chi connectivity index (χ0v) is 10.1. The van der Waals surface area contributed by atoms with E-state index in [1.807, 2.05) is 0 Å². The first kappa shape index (κ1) is 12.9. The van der Waals surface area contributed by atoms with Gasteiger partial charge in [0.2, 0.25) is 0 Å². The number of rotatable bonds is 4. The maximum atomic E-state index is 11.7. The predicted molar refractivity (Wildman–Crippen MR) is 62.4 cm³/mol. The summed E-state index contributed by atoms with van der Waals surface area (Å²) < 4.78 is 4.98. The highest BCUT2D eigenvalue weighted by Crippen LogP contribution is 2.25. The number of amides is 3. The first-order valence-electron chi connectivity index (χ1n) is 5.51. The van der Waals surface area contributed by atoms with Crippen LogP contribution in [0.4, 0.5) is 10.5 Å². The zero-order chi connectivity index (χ0) is 14.0. The molecule has 1 aliphatic rings. The number of aliphatic carboxylic acids is 1. The number of carboxylic acid groups (broad SMARTS) is 1. The van der Waals surface area contributed by atoms with Gasteiger partial charge in [-0.25, -0.2) is 4.79 Å². The van der Waals surface area contributed by atoms with E-state index in [-0.39, 0.29) is 0 Å². The minimum Gasteiger partial charge on any atom is -0.550 e. The van der Waals surface area contributed by atoms with Gasteiger partial charge in [0, 0.05) is 18.1 Å². The Bertz CT molecular complexity index is 525. The number of urea groups is 1. The van der Waals surface area contributed by atoms with Crippen LogP contribution in [-0.4, -0.2) is 31.1 Å². The van der Waals surface area contributed by atoms with Crippen LogP contribution in [0.15, 0.2) is 24.3 Å². The van der Waals surface area contributed by atoms with E-state index in [1.165, 1.54) is 7.11 Å². The molecule has 7 nitrogen and oxygen atoms in total. The van der Waals surface area contributed by atoms with Gasteiger partial charge in [-0.1, -0.05) is 0 Å². The van der Waals surface area contributed by atoms with Crippen LogP contribution in [0.3, 0.4) is 0 Å². The number of nitrogens with one attached hydrogen (secondary N) is 1. The summed E-state index contributed by atoms with van der Waals surface area (Å²) in [5.41, 5.74) is 0.412. The van der Waals surface area contributed by atoms with Gasteiger partial charge in [0.05, 0.1) is 7.11 Å². The number of carbonyl (C=O) groups excluding carboxylic acids is 3. The standard InChI is InChI=1S/C12H12N2O5/c1-19-8-4-2-7(3-5-8)14-9(6-10(15)16)11(17)13-12(14)18/h2-5,9H,6H2,1H3,(H,15,16)(H,13,17,18)/p-1. The molecule has 3 amide bonds. The van der Waals surface area contributed by atoms with E-state index in [1.54, 1.807) is 24.3 Å². The van der Waals surface area contributed by atoms with Crippen LogP contribution in [0.1, 0.15) is 6.42 Å². The van der Waals surface area contributed by atoms with E-state index in [4.69, 9.17) is 4.74 Å². The predicted octanol–water partition coefficient (Wildman–Crippen LogP) is -0.740. The third kappa shape index (κ3) is 2.49. The van der Waals surface area contributed by atoms with Crippen molar-refractivity contribution in [2.75, 3.05) is 12.0 Å². The Morgan fingerprint density at radius 2 is 2.00 bits per heavy atom. The SMILES string of the molecule is COc1ccc(N2C(=O)NC(=O)C2CC(=O)[O-])cc1. The molecule has 1 heterocycles. The highest BCUT2D eigenvalue weighted by molar-refractivity contribution is 6.15. The average Bonchev–Trinajstić information content (AvgIpc) is 2.64. The highest BCUT2D eigenvalue weighted by atomic mass is 16.5. The Morgan fingerprint density at radius 1 is 1.37 bits per heavy atom. The molecular weight excluding hydrogens is 252 g/mol. The molecule has 1 fully saturated rings. The number of ether oxygens (including phenoxy) is 1. The minimum absolute atomic E-state index is 0.412. The van der Waals surface area contributed by atoms with Crippen LogP contribution in [-0.2, 0) is 9.59 Å². The van der Waals surface area contributed by atoms with Crippen molar-refractivity contribution in [2.45, 2.75) is 12.5 Å². The number of carboxylic acids is 1. The summed E-state index contributed by atoms with van der Waals surface area (Å²) in [4.78, 5) is 34.9. The number of nitrogens with zero attached hydrogens (tertiary/aromatic N) is 1. The van der Waals surface area contributed by atoms with Gasteiger partial charge in [0.25, 0.3) is 5.91 Å². The molecule has 1 aliphatic heterocycles. The van der Waals surface area contributed by atoms with Gasteiger partial charge in [-0.05, 0) is 24.3 Å². The molecule has 1 atom stereocenters. The number of imide groups is 1. The number of hydrogen-bond acceptors (Lipinski definition) is 5. The minimum atomic E-state index is -1.40. The Hall–Kier alpha value is -2.57. The van der Waals surface area contributed by atoms with Gasteiger partial charge >= 0.3 is 6.03 Å². The number of benzene rings is 1. The molecule has 19 heavy (non-hydrogen) atoms. The van der Waals surface area contributed by atoms with Crippen molar-refractivity contribution in [1.29, 1.82) is 0 Å². The normalized spacial score (nSPS) is 18.4. The smallest absolute Gasteiger partial charge is 0.329 e. The molecule has 0 saturated carbocycles. The molecule has 2 rings (SSSR count). The van der Waals surface area contributed by atoms with Crippen molar-refractivity contribution in [3.8, 4) is 5.75 Å². The molecular formula is C12H11N2O5-. The lowest BCUT2D eigenvalue weighted by Gasteiger charge is -2.22. The quantitative estimate of drug-likeness (QED) is 0.721. The van der Waals surface area contributed by atoms with Crippen LogP contribution in [0.25, 0.3) is 0 Å². The number of hydrogen-bond donors (Lipinski definition) is 1. The topological polar surface area (TPSA) is 98.8 Å². The second-order valence-corrected chi connectivity index (χ2v) is 3.95. The lowest BCUT2D eigenvalue weighted by atomic mass is 10.1. The zero-order valence-electron chi connectivity index (χ0n) is 10.1. The van der Waals surface area contributed by atoms with Crippen molar-refractivity contribution in [2.24, 2.45) is 0 Å². The van der Waals surface area contributed by atoms with Gasteiger partial charge in [-0.3, -0.25) is 15.0 Å². The van der Waals surface area contributed by atoms with Gasteiger partial charge in [0.1, 0.15) is 11.8 Å². The third-order valence-corrected chi connectivity index (χ3v) is 2.77. The molecule has 1 unspecified atom stereocenters. The second kappa shape index (κ2) is 4.97. The average molecular weight is 263 g/mol. The number of carbonyl (C=O) groups is 3. The summed E-state index contributed by atoms with van der Waals surface area (Å²) in [6, 6.07) is 4.62. The number of anilines is 1. The molecule has 0 spiro atoms. The molecule has 100 valence electrons. The Labute approximate surface area is 108 Å². The summed E-state index contributed by atoms with van der Waals surface area (Å²) in [7, 11) is 1.50. The van der Waals surface area contributed by atoms with Crippen molar-refractivity contribution in [3.63, 3.8) is 0 Å². The molecule has 0 bridgehead atoms. The van der Waals surface area contributed by atoms with Crippen molar-refractivity contribution >= 4 is 23.6 Å². The lowest BCUT2D eigenvalue weighted by Crippen LogP contribution is -2.40. The molecule has 0 aromatic heterocycles. The summed E-state index contributed by atoms with van der Waals surface area (Å²) in [6.07, 6.45) is -0.552. The first-order valence-corrected chi connectivity index (χ1v) is 5.51. The summed E-state index contributed by atoms with van der Waals surface area (Å²) in [5, 5.41) is 12.7. The lowest BCUT2D eigenvalue weighted by molar-refractivity contribution is -0.305.